The Morgan fingerprint density at radius 2 is 1.86 bits per heavy atom. The Hall–Kier alpha value is -0.650. The SMILES string of the molecule is Cl.N#Cc1cc(Br)cc(S(=O)(=O)N2C[C@H]3CNC[C@H]3C2)c1. The van der Waals surface area contributed by atoms with Crippen molar-refractivity contribution < 1.29 is 8.42 Å². The van der Waals surface area contributed by atoms with E-state index >= 15 is 0 Å². The summed E-state index contributed by atoms with van der Waals surface area (Å²) in [5, 5.41) is 12.3. The minimum Gasteiger partial charge on any atom is -0.316 e. The zero-order valence-electron chi connectivity index (χ0n) is 11.1. The third-order valence-electron chi connectivity index (χ3n) is 3.99. The Kier molecular flexibility index (Phi) is 4.96. The van der Waals surface area contributed by atoms with Crippen molar-refractivity contribution in [1.29, 1.82) is 5.26 Å². The lowest BCUT2D eigenvalue weighted by molar-refractivity contribution is 0.448. The van der Waals surface area contributed by atoms with Gasteiger partial charge in [0, 0.05) is 17.6 Å². The number of rotatable bonds is 2. The summed E-state index contributed by atoms with van der Waals surface area (Å²) in [6, 6.07) is 6.60. The second-order valence-electron chi connectivity index (χ2n) is 5.29. The molecule has 3 rings (SSSR count). The van der Waals surface area contributed by atoms with Crippen LogP contribution < -0.4 is 5.32 Å². The lowest BCUT2D eigenvalue weighted by atomic mass is 10.0. The first kappa shape index (κ1) is 16.7. The van der Waals surface area contributed by atoms with Crippen molar-refractivity contribution in [3.8, 4) is 6.07 Å². The molecule has 0 bridgehead atoms. The van der Waals surface area contributed by atoms with Gasteiger partial charge in [0.25, 0.3) is 0 Å². The van der Waals surface area contributed by atoms with Crippen LogP contribution in [-0.2, 0) is 10.0 Å². The summed E-state index contributed by atoms with van der Waals surface area (Å²) in [7, 11) is -3.51. The molecule has 114 valence electrons. The number of halogens is 2. The van der Waals surface area contributed by atoms with Gasteiger partial charge in [-0.1, -0.05) is 15.9 Å². The third kappa shape index (κ3) is 3.10. The Labute approximate surface area is 138 Å². The molecule has 2 fully saturated rings. The van der Waals surface area contributed by atoms with Crippen LogP contribution >= 0.6 is 28.3 Å². The van der Waals surface area contributed by atoms with E-state index in [1.165, 1.54) is 6.07 Å². The predicted octanol–water partition coefficient (Wildman–Crippen LogP) is 1.58. The number of nitriles is 1. The number of hydrogen-bond donors (Lipinski definition) is 1. The molecule has 0 spiro atoms. The Bertz CT molecular complexity index is 677. The van der Waals surface area contributed by atoms with Crippen molar-refractivity contribution in [2.45, 2.75) is 4.90 Å². The van der Waals surface area contributed by atoms with Crippen LogP contribution in [0.15, 0.2) is 27.6 Å². The highest BCUT2D eigenvalue weighted by atomic mass is 79.9. The maximum atomic E-state index is 12.7. The fraction of sp³-hybridized carbons (Fsp3) is 0.462. The summed E-state index contributed by atoms with van der Waals surface area (Å²) in [6.07, 6.45) is 0. The van der Waals surface area contributed by atoms with Gasteiger partial charge in [0.1, 0.15) is 0 Å². The molecular formula is C13H15BrClN3O2S. The van der Waals surface area contributed by atoms with Crippen LogP contribution in [0.3, 0.4) is 0 Å². The van der Waals surface area contributed by atoms with Gasteiger partial charge in [-0.25, -0.2) is 8.42 Å². The van der Waals surface area contributed by atoms with Gasteiger partial charge in [0.05, 0.1) is 16.5 Å². The lowest BCUT2D eigenvalue weighted by Gasteiger charge is -2.17. The van der Waals surface area contributed by atoms with Crippen molar-refractivity contribution in [3.05, 3.63) is 28.2 Å². The van der Waals surface area contributed by atoms with Gasteiger partial charge in [0.15, 0.2) is 0 Å². The molecule has 0 radical (unpaired) electrons. The third-order valence-corrected chi connectivity index (χ3v) is 6.26. The van der Waals surface area contributed by atoms with Gasteiger partial charge in [-0.05, 0) is 43.1 Å². The largest absolute Gasteiger partial charge is 0.316 e. The quantitative estimate of drug-likeness (QED) is 0.829. The molecule has 2 atom stereocenters. The van der Waals surface area contributed by atoms with Gasteiger partial charge in [-0.15, -0.1) is 12.4 Å². The Morgan fingerprint density at radius 3 is 2.43 bits per heavy atom. The molecule has 0 aromatic heterocycles. The maximum Gasteiger partial charge on any atom is 0.243 e. The van der Waals surface area contributed by atoms with Crippen LogP contribution in [0.1, 0.15) is 5.56 Å². The molecule has 0 amide bonds. The second-order valence-corrected chi connectivity index (χ2v) is 8.14. The molecule has 1 aromatic rings. The summed E-state index contributed by atoms with van der Waals surface area (Å²) in [6.45, 7) is 2.90. The maximum absolute atomic E-state index is 12.7. The number of hydrogen-bond acceptors (Lipinski definition) is 4. The minimum atomic E-state index is -3.51. The molecule has 2 aliphatic rings. The molecule has 0 aliphatic carbocycles. The van der Waals surface area contributed by atoms with E-state index in [0.717, 1.165) is 13.1 Å². The number of nitrogens with zero attached hydrogens (tertiary/aromatic N) is 2. The van der Waals surface area contributed by atoms with Crippen LogP contribution in [0.5, 0.6) is 0 Å². The van der Waals surface area contributed by atoms with Crippen molar-refractivity contribution in [3.63, 3.8) is 0 Å². The summed E-state index contributed by atoms with van der Waals surface area (Å²) in [4.78, 5) is 0.191. The Balaban J connectivity index is 0.00000161. The van der Waals surface area contributed by atoms with Crippen LogP contribution in [0.25, 0.3) is 0 Å². The van der Waals surface area contributed by atoms with Gasteiger partial charge >= 0.3 is 0 Å². The summed E-state index contributed by atoms with van der Waals surface area (Å²) >= 11 is 3.26. The van der Waals surface area contributed by atoms with Crippen molar-refractivity contribution in [2.24, 2.45) is 11.8 Å². The van der Waals surface area contributed by atoms with E-state index in [2.05, 4.69) is 21.2 Å². The van der Waals surface area contributed by atoms with Crippen molar-refractivity contribution in [2.75, 3.05) is 26.2 Å². The molecule has 1 N–H and O–H groups in total. The minimum absolute atomic E-state index is 0. The summed E-state index contributed by atoms with van der Waals surface area (Å²) < 4.78 is 27.5. The first-order valence-electron chi connectivity index (χ1n) is 6.42. The lowest BCUT2D eigenvalue weighted by Crippen LogP contribution is -2.32. The fourth-order valence-corrected chi connectivity index (χ4v) is 5.20. The van der Waals surface area contributed by atoms with E-state index in [0.29, 0.717) is 35.0 Å². The van der Waals surface area contributed by atoms with E-state index < -0.39 is 10.0 Å². The zero-order chi connectivity index (χ0) is 14.3. The fourth-order valence-electron chi connectivity index (χ4n) is 2.93. The number of nitrogens with one attached hydrogen (secondary N) is 1. The average Bonchev–Trinajstić information content (AvgIpc) is 2.98. The van der Waals surface area contributed by atoms with Crippen LogP contribution in [-0.4, -0.2) is 38.9 Å². The predicted molar refractivity (Wildman–Crippen MR) is 84.7 cm³/mol. The van der Waals surface area contributed by atoms with Gasteiger partial charge in [-0.3, -0.25) is 0 Å². The van der Waals surface area contributed by atoms with Crippen LogP contribution in [0.2, 0.25) is 0 Å². The normalized spacial score (nSPS) is 25.1. The highest BCUT2D eigenvalue weighted by Gasteiger charge is 2.41. The smallest absolute Gasteiger partial charge is 0.243 e. The summed E-state index contributed by atoms with van der Waals surface area (Å²) in [5.74, 6) is 0.819. The molecule has 8 heteroatoms. The van der Waals surface area contributed by atoms with E-state index in [-0.39, 0.29) is 17.3 Å². The monoisotopic (exact) mass is 391 g/mol. The number of fused-ring (bicyclic) bond motifs is 1. The standard InChI is InChI=1S/C13H14BrN3O2S.ClH/c14-12-1-9(4-15)2-13(3-12)20(18,19)17-7-10-5-16-6-11(10)8-17;/h1-3,10-11,16H,5-8H2;1H/t10-,11+;. The summed E-state index contributed by atoms with van der Waals surface area (Å²) in [5.41, 5.74) is 0.346. The van der Waals surface area contributed by atoms with Crippen LogP contribution in [0.4, 0.5) is 0 Å². The van der Waals surface area contributed by atoms with E-state index in [1.807, 2.05) is 6.07 Å². The molecule has 1 aromatic carbocycles. The first-order valence-corrected chi connectivity index (χ1v) is 8.65. The molecule has 2 aliphatic heterocycles. The Morgan fingerprint density at radius 1 is 1.24 bits per heavy atom. The molecule has 0 saturated carbocycles. The zero-order valence-corrected chi connectivity index (χ0v) is 14.3. The second kappa shape index (κ2) is 6.23. The number of sulfonamides is 1. The first-order chi connectivity index (χ1) is 9.50. The van der Waals surface area contributed by atoms with Gasteiger partial charge in [0.2, 0.25) is 10.0 Å². The van der Waals surface area contributed by atoms with Gasteiger partial charge in [-0.2, -0.15) is 9.57 Å². The van der Waals surface area contributed by atoms with Gasteiger partial charge < -0.3 is 5.32 Å². The van der Waals surface area contributed by atoms with Crippen molar-refractivity contribution in [1.82, 2.24) is 9.62 Å². The topological polar surface area (TPSA) is 73.2 Å². The highest BCUT2D eigenvalue weighted by molar-refractivity contribution is 9.10. The average molecular weight is 393 g/mol. The molecule has 21 heavy (non-hydrogen) atoms. The molecule has 5 nitrogen and oxygen atoms in total. The van der Waals surface area contributed by atoms with E-state index in [4.69, 9.17) is 5.26 Å². The molecule has 2 saturated heterocycles. The van der Waals surface area contributed by atoms with Crippen molar-refractivity contribution >= 4 is 38.4 Å². The van der Waals surface area contributed by atoms with Crippen LogP contribution in [0, 0.1) is 23.2 Å². The highest BCUT2D eigenvalue weighted by Crippen LogP contribution is 2.31. The molecule has 0 unspecified atom stereocenters. The van der Waals surface area contributed by atoms with E-state index in [9.17, 15) is 8.42 Å². The molecular weight excluding hydrogens is 378 g/mol. The molecule has 2 heterocycles. The van der Waals surface area contributed by atoms with E-state index in [1.54, 1.807) is 16.4 Å². The number of benzene rings is 1.